The molecule has 0 saturated carbocycles. The Balaban J connectivity index is 2.64. The summed E-state index contributed by atoms with van der Waals surface area (Å²) in [6.45, 7) is 6.61. The van der Waals surface area contributed by atoms with Crippen LogP contribution in [0, 0.1) is 5.41 Å². The molecule has 2 N–H and O–H groups in total. The zero-order valence-electron chi connectivity index (χ0n) is 8.62. The van der Waals surface area contributed by atoms with Gasteiger partial charge in [-0.3, -0.25) is 4.98 Å². The van der Waals surface area contributed by atoms with Crippen molar-refractivity contribution >= 4 is 0 Å². The van der Waals surface area contributed by atoms with E-state index >= 15 is 0 Å². The molecule has 0 aliphatic rings. The molecule has 0 fully saturated rings. The maximum atomic E-state index is 6.05. The Hall–Kier alpha value is -0.890. The second-order valence-corrected chi connectivity index (χ2v) is 4.65. The van der Waals surface area contributed by atoms with Crippen molar-refractivity contribution in [2.24, 2.45) is 11.1 Å². The van der Waals surface area contributed by atoms with Gasteiger partial charge in [0.05, 0.1) is 0 Å². The molecule has 13 heavy (non-hydrogen) atoms. The van der Waals surface area contributed by atoms with Crippen LogP contribution in [0.5, 0.6) is 0 Å². The molecule has 2 nitrogen and oxygen atoms in total. The van der Waals surface area contributed by atoms with Crippen LogP contribution in [0.2, 0.25) is 0 Å². The van der Waals surface area contributed by atoms with Gasteiger partial charge in [-0.2, -0.15) is 0 Å². The predicted octanol–water partition coefficient (Wildman–Crippen LogP) is 2.52. The second kappa shape index (κ2) is 3.88. The molecule has 72 valence electrons. The SMILES string of the molecule is CC(C)(C)CC(N)c1ccncc1. The van der Waals surface area contributed by atoms with Gasteiger partial charge in [0, 0.05) is 18.4 Å². The van der Waals surface area contributed by atoms with Gasteiger partial charge in [0.1, 0.15) is 0 Å². The molecule has 0 amide bonds. The van der Waals surface area contributed by atoms with Crippen molar-refractivity contribution in [3.8, 4) is 0 Å². The second-order valence-electron chi connectivity index (χ2n) is 4.65. The van der Waals surface area contributed by atoms with Crippen LogP contribution < -0.4 is 5.73 Å². The number of hydrogen-bond acceptors (Lipinski definition) is 2. The van der Waals surface area contributed by atoms with E-state index in [-0.39, 0.29) is 11.5 Å². The van der Waals surface area contributed by atoms with E-state index in [1.165, 1.54) is 5.56 Å². The summed E-state index contributed by atoms with van der Waals surface area (Å²) in [5.41, 5.74) is 7.51. The van der Waals surface area contributed by atoms with Crippen LogP contribution in [0.1, 0.15) is 38.8 Å². The molecule has 0 bridgehead atoms. The van der Waals surface area contributed by atoms with Crippen molar-refractivity contribution in [3.63, 3.8) is 0 Å². The van der Waals surface area contributed by atoms with Gasteiger partial charge >= 0.3 is 0 Å². The van der Waals surface area contributed by atoms with E-state index in [0.717, 1.165) is 6.42 Å². The first kappa shape index (κ1) is 10.2. The van der Waals surface area contributed by atoms with E-state index in [4.69, 9.17) is 5.73 Å². The summed E-state index contributed by atoms with van der Waals surface area (Å²) in [6.07, 6.45) is 4.58. The monoisotopic (exact) mass is 178 g/mol. The zero-order valence-corrected chi connectivity index (χ0v) is 8.62. The van der Waals surface area contributed by atoms with Crippen LogP contribution in [0.4, 0.5) is 0 Å². The van der Waals surface area contributed by atoms with Crippen LogP contribution in [0.15, 0.2) is 24.5 Å². The Kier molecular flexibility index (Phi) is 3.04. The predicted molar refractivity (Wildman–Crippen MR) is 55.2 cm³/mol. The minimum atomic E-state index is 0.128. The lowest BCUT2D eigenvalue weighted by Crippen LogP contribution is -2.18. The summed E-state index contributed by atoms with van der Waals surface area (Å²) in [5, 5.41) is 0. The van der Waals surface area contributed by atoms with Crippen molar-refractivity contribution in [1.82, 2.24) is 4.98 Å². The van der Waals surface area contributed by atoms with Crippen LogP contribution in [0.25, 0.3) is 0 Å². The Morgan fingerprint density at radius 3 is 2.31 bits per heavy atom. The fourth-order valence-corrected chi connectivity index (χ4v) is 1.39. The minimum absolute atomic E-state index is 0.128. The summed E-state index contributed by atoms with van der Waals surface area (Å²) in [4.78, 5) is 3.97. The van der Waals surface area contributed by atoms with E-state index in [1.807, 2.05) is 12.1 Å². The summed E-state index contributed by atoms with van der Waals surface area (Å²) in [7, 11) is 0. The van der Waals surface area contributed by atoms with Gasteiger partial charge in [-0.05, 0) is 29.5 Å². The van der Waals surface area contributed by atoms with Crippen LogP contribution in [-0.2, 0) is 0 Å². The topological polar surface area (TPSA) is 38.9 Å². The number of hydrogen-bond donors (Lipinski definition) is 1. The van der Waals surface area contributed by atoms with Crippen LogP contribution >= 0.6 is 0 Å². The van der Waals surface area contributed by atoms with Crippen molar-refractivity contribution in [1.29, 1.82) is 0 Å². The average molecular weight is 178 g/mol. The quantitative estimate of drug-likeness (QED) is 0.755. The van der Waals surface area contributed by atoms with Crippen molar-refractivity contribution in [3.05, 3.63) is 30.1 Å². The highest BCUT2D eigenvalue weighted by Crippen LogP contribution is 2.26. The van der Waals surface area contributed by atoms with E-state index < -0.39 is 0 Å². The van der Waals surface area contributed by atoms with Crippen LogP contribution in [-0.4, -0.2) is 4.98 Å². The maximum absolute atomic E-state index is 6.05. The molecule has 1 rings (SSSR count). The minimum Gasteiger partial charge on any atom is -0.324 e. The van der Waals surface area contributed by atoms with Gasteiger partial charge in [0.15, 0.2) is 0 Å². The molecule has 1 aromatic rings. The lowest BCUT2D eigenvalue weighted by Gasteiger charge is -2.23. The van der Waals surface area contributed by atoms with Crippen molar-refractivity contribution in [2.75, 3.05) is 0 Å². The average Bonchev–Trinajstić information content (AvgIpc) is 2.03. The number of pyridine rings is 1. The summed E-state index contributed by atoms with van der Waals surface area (Å²) in [6, 6.07) is 4.09. The third-order valence-corrected chi connectivity index (χ3v) is 1.97. The molecular formula is C11H18N2. The van der Waals surface area contributed by atoms with E-state index in [9.17, 15) is 0 Å². The van der Waals surface area contributed by atoms with Gasteiger partial charge in [0.25, 0.3) is 0 Å². The Morgan fingerprint density at radius 2 is 1.85 bits per heavy atom. The molecule has 1 atom stereocenters. The maximum Gasteiger partial charge on any atom is 0.0300 e. The number of rotatable bonds is 2. The molecule has 0 aliphatic carbocycles. The Bertz CT molecular complexity index is 249. The van der Waals surface area contributed by atoms with Crippen molar-refractivity contribution in [2.45, 2.75) is 33.2 Å². The molecule has 1 unspecified atom stereocenters. The molecular weight excluding hydrogens is 160 g/mol. The highest BCUT2D eigenvalue weighted by molar-refractivity contribution is 5.14. The first-order valence-electron chi connectivity index (χ1n) is 4.64. The molecule has 1 heterocycles. The third kappa shape index (κ3) is 3.55. The van der Waals surface area contributed by atoms with Gasteiger partial charge < -0.3 is 5.73 Å². The normalized spacial score (nSPS) is 14.2. The molecule has 1 aromatic heterocycles. The standard InChI is InChI=1S/C11H18N2/c1-11(2,3)8-10(12)9-4-6-13-7-5-9/h4-7,10H,8,12H2,1-3H3. The van der Waals surface area contributed by atoms with Gasteiger partial charge in [-0.15, -0.1) is 0 Å². The molecule has 0 aromatic carbocycles. The fourth-order valence-electron chi connectivity index (χ4n) is 1.39. The highest BCUT2D eigenvalue weighted by atomic mass is 14.7. The first-order chi connectivity index (χ1) is 5.99. The largest absolute Gasteiger partial charge is 0.324 e. The number of aromatic nitrogens is 1. The summed E-state index contributed by atoms with van der Waals surface area (Å²) < 4.78 is 0. The number of nitrogens with zero attached hydrogens (tertiary/aromatic N) is 1. The molecule has 0 radical (unpaired) electrons. The lowest BCUT2D eigenvalue weighted by molar-refractivity contribution is 0.342. The number of nitrogens with two attached hydrogens (primary N) is 1. The molecule has 2 heteroatoms. The van der Waals surface area contributed by atoms with Gasteiger partial charge in [-0.25, -0.2) is 0 Å². The molecule has 0 aliphatic heterocycles. The third-order valence-electron chi connectivity index (χ3n) is 1.97. The van der Waals surface area contributed by atoms with Crippen molar-refractivity contribution < 1.29 is 0 Å². The summed E-state index contributed by atoms with van der Waals surface area (Å²) in [5.74, 6) is 0. The Labute approximate surface area is 80.2 Å². The van der Waals surface area contributed by atoms with E-state index in [0.29, 0.717) is 0 Å². The first-order valence-corrected chi connectivity index (χ1v) is 4.64. The lowest BCUT2D eigenvalue weighted by atomic mass is 9.86. The smallest absolute Gasteiger partial charge is 0.0300 e. The molecule has 0 saturated heterocycles. The zero-order chi connectivity index (χ0) is 9.90. The Morgan fingerprint density at radius 1 is 1.31 bits per heavy atom. The van der Waals surface area contributed by atoms with E-state index in [2.05, 4.69) is 25.8 Å². The van der Waals surface area contributed by atoms with Gasteiger partial charge in [-0.1, -0.05) is 20.8 Å². The van der Waals surface area contributed by atoms with Gasteiger partial charge in [0.2, 0.25) is 0 Å². The fraction of sp³-hybridized carbons (Fsp3) is 0.545. The summed E-state index contributed by atoms with van der Waals surface area (Å²) >= 11 is 0. The highest BCUT2D eigenvalue weighted by Gasteiger charge is 2.16. The molecule has 0 spiro atoms. The van der Waals surface area contributed by atoms with Crippen LogP contribution in [0.3, 0.4) is 0 Å². The van der Waals surface area contributed by atoms with E-state index in [1.54, 1.807) is 12.4 Å².